The molecular weight excluding hydrogens is 422 g/mol. The number of rotatable bonds is 15. The predicted octanol–water partition coefficient (Wildman–Crippen LogP) is 5.55. The van der Waals surface area contributed by atoms with Crippen molar-refractivity contribution in [1.82, 2.24) is 4.67 Å². The molecule has 0 fully saturated rings. The van der Waals surface area contributed by atoms with E-state index in [2.05, 4.69) is 44.5 Å². The highest BCUT2D eigenvalue weighted by Gasteiger charge is 2.27. The summed E-state index contributed by atoms with van der Waals surface area (Å²) in [5.41, 5.74) is 2.25. The molecule has 0 spiro atoms. The molecule has 0 saturated carbocycles. The quantitative estimate of drug-likeness (QED) is 0.252. The van der Waals surface area contributed by atoms with Crippen LogP contribution in [0.1, 0.15) is 45.2 Å². The van der Waals surface area contributed by atoms with E-state index in [1.807, 2.05) is 18.2 Å². The number of hydrogen-bond acceptors (Lipinski definition) is 7. The van der Waals surface area contributed by atoms with E-state index in [1.54, 1.807) is 0 Å². The third-order valence-electron chi connectivity index (χ3n) is 4.57. The van der Waals surface area contributed by atoms with Gasteiger partial charge in [0.2, 0.25) is 0 Å². The molecule has 0 aliphatic rings. The van der Waals surface area contributed by atoms with Gasteiger partial charge in [-0.3, -0.25) is 4.57 Å². The molecule has 0 bridgehead atoms. The van der Waals surface area contributed by atoms with E-state index in [4.69, 9.17) is 23.4 Å². The Labute approximate surface area is 183 Å². The minimum Gasteiger partial charge on any atom is -0.322 e. The molecule has 0 aliphatic carbocycles. The van der Waals surface area contributed by atoms with Crippen LogP contribution in [0.15, 0.2) is 24.3 Å². The van der Waals surface area contributed by atoms with Gasteiger partial charge in [0.25, 0.3) is 8.53 Å². The Morgan fingerprint density at radius 2 is 1.53 bits per heavy atom. The van der Waals surface area contributed by atoms with Crippen LogP contribution in [0.5, 0.6) is 0 Å². The molecule has 0 N–H and O–H groups in total. The Morgan fingerprint density at radius 1 is 1.00 bits per heavy atom. The van der Waals surface area contributed by atoms with Crippen molar-refractivity contribution in [2.75, 3.05) is 33.6 Å². The van der Waals surface area contributed by atoms with Gasteiger partial charge in [0.05, 0.1) is 31.9 Å². The summed E-state index contributed by atoms with van der Waals surface area (Å²) in [6, 6.07) is 10.7. The van der Waals surface area contributed by atoms with Gasteiger partial charge in [-0.25, -0.2) is 4.67 Å². The van der Waals surface area contributed by atoms with Crippen molar-refractivity contribution < 1.29 is 22.7 Å². The lowest BCUT2D eigenvalue weighted by molar-refractivity contribution is 0.177. The normalized spacial score (nSPS) is 13.2. The molecule has 7 nitrogen and oxygen atoms in total. The van der Waals surface area contributed by atoms with Crippen molar-refractivity contribution >= 4 is 16.1 Å². The fourth-order valence-corrected chi connectivity index (χ4v) is 5.73. The SMILES string of the molecule is COP(=O)(CCc1ccccc1CCOP(OCCC#N)N(C(C)C)C(C)C)OC. The highest BCUT2D eigenvalue weighted by Crippen LogP contribution is 2.47. The topological polar surface area (TPSA) is 81.0 Å². The summed E-state index contributed by atoms with van der Waals surface area (Å²) < 4.78 is 36.8. The largest absolute Gasteiger partial charge is 0.330 e. The number of aryl methyl sites for hydroxylation is 1. The van der Waals surface area contributed by atoms with Crippen LogP contribution in [0.4, 0.5) is 0 Å². The molecule has 1 unspecified atom stereocenters. The second kappa shape index (κ2) is 14.3. The first kappa shape index (κ1) is 27.2. The first-order chi connectivity index (χ1) is 14.3. The molecule has 1 aromatic rings. The van der Waals surface area contributed by atoms with Crippen molar-refractivity contribution in [3.05, 3.63) is 35.4 Å². The Hall–Kier alpha value is -0.830. The molecule has 0 heterocycles. The second-order valence-electron chi connectivity index (χ2n) is 7.35. The number of benzene rings is 1. The van der Waals surface area contributed by atoms with Crippen LogP contribution in [-0.2, 0) is 35.5 Å². The van der Waals surface area contributed by atoms with Gasteiger partial charge in [-0.15, -0.1) is 0 Å². The molecule has 1 aromatic carbocycles. The van der Waals surface area contributed by atoms with Crippen LogP contribution < -0.4 is 0 Å². The molecular formula is C21H36N2O5P2. The summed E-state index contributed by atoms with van der Waals surface area (Å²) in [5, 5.41) is 8.82. The Balaban J connectivity index is 2.78. The van der Waals surface area contributed by atoms with Gasteiger partial charge in [-0.05, 0) is 51.7 Å². The lowest BCUT2D eigenvalue weighted by Gasteiger charge is -2.35. The summed E-state index contributed by atoms with van der Waals surface area (Å²) in [6.07, 6.45) is 1.99. The maximum absolute atomic E-state index is 12.4. The van der Waals surface area contributed by atoms with Gasteiger partial charge >= 0.3 is 7.60 Å². The molecule has 0 aromatic heterocycles. The average Bonchev–Trinajstić information content (AvgIpc) is 2.72. The summed E-state index contributed by atoms with van der Waals surface area (Å²) in [7, 11) is -1.47. The minimum atomic E-state index is -3.04. The highest BCUT2D eigenvalue weighted by molar-refractivity contribution is 7.53. The molecule has 0 aliphatic heterocycles. The minimum absolute atomic E-state index is 0.266. The third kappa shape index (κ3) is 9.12. The van der Waals surface area contributed by atoms with Crippen molar-refractivity contribution in [1.29, 1.82) is 5.26 Å². The fraction of sp³-hybridized carbons (Fsp3) is 0.667. The van der Waals surface area contributed by atoms with Crippen LogP contribution in [0.3, 0.4) is 0 Å². The van der Waals surface area contributed by atoms with Crippen LogP contribution in [0, 0.1) is 11.3 Å². The Kier molecular flexibility index (Phi) is 12.9. The zero-order chi connectivity index (χ0) is 22.6. The standard InChI is InChI=1S/C21H36N2O5P2/c1-18(2)23(19(3)4)29(27-15-9-14-22)28-16-12-20-10-7-8-11-21(20)13-17-30(24,25-5)26-6/h7-8,10-11,18-19H,9,12-13,15-17H2,1-6H3. The van der Waals surface area contributed by atoms with Gasteiger partial charge < -0.3 is 18.1 Å². The lowest BCUT2D eigenvalue weighted by atomic mass is 10.0. The molecule has 1 atom stereocenters. The maximum atomic E-state index is 12.4. The fourth-order valence-electron chi connectivity index (χ4n) is 3.11. The van der Waals surface area contributed by atoms with Crippen LogP contribution in [0.2, 0.25) is 0 Å². The van der Waals surface area contributed by atoms with E-state index in [0.717, 1.165) is 11.1 Å². The van der Waals surface area contributed by atoms with Gasteiger partial charge in [-0.1, -0.05) is 24.3 Å². The molecule has 1 rings (SSSR count). The summed E-state index contributed by atoms with van der Waals surface area (Å²) >= 11 is 0. The highest BCUT2D eigenvalue weighted by atomic mass is 31.2. The lowest BCUT2D eigenvalue weighted by Crippen LogP contribution is -2.33. The van der Waals surface area contributed by atoms with E-state index in [0.29, 0.717) is 38.6 Å². The summed E-state index contributed by atoms with van der Waals surface area (Å²) in [4.78, 5) is 0. The van der Waals surface area contributed by atoms with Gasteiger partial charge in [0, 0.05) is 26.3 Å². The van der Waals surface area contributed by atoms with Gasteiger partial charge in [0.1, 0.15) is 0 Å². The number of hydrogen-bond donors (Lipinski definition) is 0. The van der Waals surface area contributed by atoms with Crippen LogP contribution >= 0.6 is 16.1 Å². The summed E-state index contributed by atoms with van der Waals surface area (Å²) in [5.74, 6) is 0. The zero-order valence-corrected chi connectivity index (χ0v) is 20.8. The van der Waals surface area contributed by atoms with Gasteiger partial charge in [-0.2, -0.15) is 5.26 Å². The third-order valence-corrected chi connectivity index (χ3v) is 8.56. The van der Waals surface area contributed by atoms with Crippen molar-refractivity contribution in [3.63, 3.8) is 0 Å². The van der Waals surface area contributed by atoms with E-state index in [1.165, 1.54) is 14.2 Å². The number of nitrogens with zero attached hydrogens (tertiary/aromatic N) is 2. The van der Waals surface area contributed by atoms with E-state index < -0.39 is 16.1 Å². The monoisotopic (exact) mass is 458 g/mol. The van der Waals surface area contributed by atoms with E-state index >= 15 is 0 Å². The molecule has 0 saturated heterocycles. The second-order valence-corrected chi connectivity index (χ2v) is 11.2. The average molecular weight is 458 g/mol. The van der Waals surface area contributed by atoms with Gasteiger partial charge in [0.15, 0.2) is 0 Å². The molecule has 0 amide bonds. The van der Waals surface area contributed by atoms with Crippen molar-refractivity contribution in [2.24, 2.45) is 0 Å². The Morgan fingerprint density at radius 3 is 2.03 bits per heavy atom. The van der Waals surface area contributed by atoms with E-state index in [9.17, 15) is 4.57 Å². The van der Waals surface area contributed by atoms with E-state index in [-0.39, 0.29) is 12.1 Å². The van der Waals surface area contributed by atoms with Crippen LogP contribution in [0.25, 0.3) is 0 Å². The molecule has 0 radical (unpaired) electrons. The molecule has 170 valence electrons. The van der Waals surface area contributed by atoms with Crippen molar-refractivity contribution in [3.8, 4) is 6.07 Å². The smallest absolute Gasteiger partial charge is 0.322 e. The van der Waals surface area contributed by atoms with Crippen LogP contribution in [-0.4, -0.2) is 50.3 Å². The van der Waals surface area contributed by atoms with Crippen molar-refractivity contribution in [2.45, 2.75) is 59.0 Å². The zero-order valence-electron chi connectivity index (χ0n) is 19.0. The first-order valence-corrected chi connectivity index (χ1v) is 13.1. The molecule has 9 heteroatoms. The Bertz CT molecular complexity index is 693. The first-order valence-electron chi connectivity index (χ1n) is 10.3. The predicted molar refractivity (Wildman–Crippen MR) is 122 cm³/mol. The maximum Gasteiger partial charge on any atom is 0.330 e. The number of nitriles is 1. The summed E-state index contributed by atoms with van der Waals surface area (Å²) in [6.45, 7) is 9.32. The molecule has 30 heavy (non-hydrogen) atoms.